The molecule has 0 aliphatic carbocycles. The highest BCUT2D eigenvalue weighted by Gasteiger charge is 2.04. The molecule has 0 saturated heterocycles. The Morgan fingerprint density at radius 3 is 2.65 bits per heavy atom. The minimum absolute atomic E-state index is 0. The van der Waals surface area contributed by atoms with Gasteiger partial charge >= 0.3 is 0 Å². The smallest absolute Gasteiger partial charge is 0.191 e. The molecule has 2 N–H and O–H groups in total. The second-order valence-corrected chi connectivity index (χ2v) is 4.91. The predicted octanol–water partition coefficient (Wildman–Crippen LogP) is 3.45. The quantitative estimate of drug-likeness (QED) is 0.267. The van der Waals surface area contributed by atoms with Crippen molar-refractivity contribution in [3.05, 3.63) is 35.4 Å². The zero-order valence-electron chi connectivity index (χ0n) is 13.7. The molecular weight excluding hydrogens is 415 g/mol. The van der Waals surface area contributed by atoms with Crippen molar-refractivity contribution < 1.29 is 13.5 Å². The lowest BCUT2D eigenvalue weighted by atomic mass is 10.2. The van der Waals surface area contributed by atoms with Gasteiger partial charge in [0, 0.05) is 32.4 Å². The zero-order chi connectivity index (χ0) is 16.2. The maximum absolute atomic E-state index is 13.5. The Labute approximate surface area is 154 Å². The molecule has 23 heavy (non-hydrogen) atoms. The van der Waals surface area contributed by atoms with Gasteiger partial charge in [-0.1, -0.05) is 0 Å². The van der Waals surface area contributed by atoms with Gasteiger partial charge in [0.25, 0.3) is 0 Å². The first-order valence-corrected chi connectivity index (χ1v) is 7.62. The molecule has 1 aromatic rings. The third-order valence-electron chi connectivity index (χ3n) is 3.08. The maximum Gasteiger partial charge on any atom is 0.191 e. The van der Waals surface area contributed by atoms with Crippen molar-refractivity contribution in [1.82, 2.24) is 10.6 Å². The summed E-state index contributed by atoms with van der Waals surface area (Å²) in [5, 5.41) is 6.27. The number of hydrogen-bond donors (Lipinski definition) is 2. The lowest BCUT2D eigenvalue weighted by molar-refractivity contribution is 0.192. The lowest BCUT2D eigenvalue weighted by Crippen LogP contribution is -2.37. The van der Waals surface area contributed by atoms with Crippen LogP contribution in [0.25, 0.3) is 0 Å². The van der Waals surface area contributed by atoms with Gasteiger partial charge in [-0.3, -0.25) is 0 Å². The number of benzene rings is 1. The number of unbranched alkanes of at least 4 members (excludes halogenated alkanes) is 2. The van der Waals surface area contributed by atoms with Gasteiger partial charge in [-0.05, 0) is 44.4 Å². The van der Waals surface area contributed by atoms with Crippen molar-refractivity contribution in [2.24, 2.45) is 4.99 Å². The van der Waals surface area contributed by atoms with Gasteiger partial charge in [0.2, 0.25) is 0 Å². The summed E-state index contributed by atoms with van der Waals surface area (Å²) in [4.78, 5) is 4.28. The topological polar surface area (TPSA) is 45.7 Å². The van der Waals surface area contributed by atoms with Gasteiger partial charge in [-0.25, -0.2) is 13.8 Å². The molecule has 7 heteroatoms. The molecule has 132 valence electrons. The van der Waals surface area contributed by atoms with Crippen LogP contribution in [-0.2, 0) is 11.3 Å². The number of nitrogens with one attached hydrogen (secondary N) is 2. The molecule has 0 unspecified atom stereocenters. The normalized spacial score (nSPS) is 11.0. The van der Waals surface area contributed by atoms with E-state index in [1.54, 1.807) is 7.11 Å². The Morgan fingerprint density at radius 1 is 1.17 bits per heavy atom. The summed E-state index contributed by atoms with van der Waals surface area (Å²) in [6, 6.07) is 3.40. The van der Waals surface area contributed by atoms with E-state index >= 15 is 0 Å². The van der Waals surface area contributed by atoms with E-state index in [0.29, 0.717) is 12.5 Å². The highest BCUT2D eigenvalue weighted by Crippen LogP contribution is 2.10. The van der Waals surface area contributed by atoms with Gasteiger partial charge in [-0.15, -0.1) is 24.0 Å². The average molecular weight is 441 g/mol. The first-order chi connectivity index (χ1) is 10.7. The fourth-order valence-corrected chi connectivity index (χ4v) is 1.93. The van der Waals surface area contributed by atoms with Crippen LogP contribution in [0.15, 0.2) is 23.2 Å². The van der Waals surface area contributed by atoms with Crippen LogP contribution >= 0.6 is 24.0 Å². The Hall–Kier alpha value is -0.960. The Morgan fingerprint density at radius 2 is 1.96 bits per heavy atom. The minimum Gasteiger partial charge on any atom is -0.385 e. The van der Waals surface area contributed by atoms with Crippen molar-refractivity contribution in [2.75, 3.05) is 26.8 Å². The molecule has 0 bridgehead atoms. The van der Waals surface area contributed by atoms with E-state index in [9.17, 15) is 8.78 Å². The molecule has 0 aliphatic heterocycles. The Kier molecular flexibility index (Phi) is 12.9. The summed E-state index contributed by atoms with van der Waals surface area (Å²) in [6.45, 7) is 4.32. The number of guanidine groups is 1. The second kappa shape index (κ2) is 13.5. The second-order valence-electron chi connectivity index (χ2n) is 4.91. The van der Waals surface area contributed by atoms with Crippen molar-refractivity contribution in [3.63, 3.8) is 0 Å². The van der Waals surface area contributed by atoms with Crippen molar-refractivity contribution in [1.29, 1.82) is 0 Å². The fourth-order valence-electron chi connectivity index (χ4n) is 1.93. The number of nitrogens with zero attached hydrogens (tertiary/aromatic N) is 1. The molecule has 0 radical (unpaired) electrons. The van der Waals surface area contributed by atoms with E-state index in [4.69, 9.17) is 4.74 Å². The summed E-state index contributed by atoms with van der Waals surface area (Å²) in [5.41, 5.74) is 0.247. The van der Waals surface area contributed by atoms with Crippen molar-refractivity contribution in [2.45, 2.75) is 32.7 Å². The molecule has 4 nitrogen and oxygen atoms in total. The molecule has 0 heterocycles. The molecule has 1 aromatic carbocycles. The predicted molar refractivity (Wildman–Crippen MR) is 100 cm³/mol. The molecule has 0 atom stereocenters. The van der Waals surface area contributed by atoms with Gasteiger partial charge in [0.1, 0.15) is 11.6 Å². The Bertz CT molecular complexity index is 473. The summed E-state index contributed by atoms with van der Waals surface area (Å²) in [5.74, 6) is -0.291. The fraction of sp³-hybridized carbons (Fsp3) is 0.562. The minimum atomic E-state index is -0.456. The maximum atomic E-state index is 13.5. The molecule has 0 amide bonds. The monoisotopic (exact) mass is 441 g/mol. The summed E-state index contributed by atoms with van der Waals surface area (Å²) >= 11 is 0. The number of hydrogen-bond acceptors (Lipinski definition) is 2. The zero-order valence-corrected chi connectivity index (χ0v) is 16.0. The van der Waals surface area contributed by atoms with Crippen LogP contribution in [0.1, 0.15) is 31.7 Å². The average Bonchev–Trinajstić information content (AvgIpc) is 2.51. The third-order valence-corrected chi connectivity index (χ3v) is 3.08. The number of aliphatic imine (C=N–C) groups is 1. The molecule has 0 aliphatic rings. The highest BCUT2D eigenvalue weighted by atomic mass is 127. The van der Waals surface area contributed by atoms with Gasteiger partial charge in [0.05, 0.1) is 6.54 Å². The summed E-state index contributed by atoms with van der Waals surface area (Å²) in [7, 11) is 1.69. The number of rotatable bonds is 9. The van der Waals surface area contributed by atoms with Crippen LogP contribution in [0.5, 0.6) is 0 Å². The first kappa shape index (κ1) is 22.0. The van der Waals surface area contributed by atoms with E-state index in [1.165, 1.54) is 6.07 Å². The van der Waals surface area contributed by atoms with Crippen LogP contribution < -0.4 is 10.6 Å². The van der Waals surface area contributed by atoms with E-state index in [2.05, 4.69) is 15.6 Å². The van der Waals surface area contributed by atoms with Crippen LogP contribution in [0, 0.1) is 11.6 Å². The molecule has 0 aromatic heterocycles. The van der Waals surface area contributed by atoms with Crippen LogP contribution in [0.4, 0.5) is 8.78 Å². The van der Waals surface area contributed by atoms with Crippen LogP contribution in [0.3, 0.4) is 0 Å². The molecule has 0 spiro atoms. The standard InChI is InChI=1S/C16H25F2N3O.HI/c1-3-19-16(20-9-5-4-6-10-22-2)21-12-13-11-14(17)7-8-15(13)18;/h7-8,11H,3-6,9-10,12H2,1-2H3,(H2,19,20,21);1H. The number of methoxy groups -OCH3 is 1. The van der Waals surface area contributed by atoms with Crippen LogP contribution in [-0.4, -0.2) is 32.8 Å². The number of halogens is 3. The summed E-state index contributed by atoms with van der Waals surface area (Å²) < 4.78 is 31.6. The van der Waals surface area contributed by atoms with Gasteiger partial charge in [0.15, 0.2) is 5.96 Å². The van der Waals surface area contributed by atoms with E-state index in [1.807, 2.05) is 6.92 Å². The molecule has 0 fully saturated rings. The van der Waals surface area contributed by atoms with E-state index < -0.39 is 11.6 Å². The largest absolute Gasteiger partial charge is 0.385 e. The SMILES string of the molecule is CCNC(=NCc1cc(F)ccc1F)NCCCCCOC.I. The van der Waals surface area contributed by atoms with E-state index in [-0.39, 0.29) is 36.1 Å². The van der Waals surface area contributed by atoms with Gasteiger partial charge < -0.3 is 15.4 Å². The molecular formula is C16H26F2IN3O. The van der Waals surface area contributed by atoms with Crippen LogP contribution in [0.2, 0.25) is 0 Å². The lowest BCUT2D eigenvalue weighted by Gasteiger charge is -2.11. The van der Waals surface area contributed by atoms with Crippen molar-refractivity contribution >= 4 is 29.9 Å². The Balaban J connectivity index is 0.00000484. The molecule has 0 saturated carbocycles. The summed E-state index contributed by atoms with van der Waals surface area (Å²) in [6.07, 6.45) is 3.10. The third kappa shape index (κ3) is 9.70. The van der Waals surface area contributed by atoms with Gasteiger partial charge in [-0.2, -0.15) is 0 Å². The first-order valence-electron chi connectivity index (χ1n) is 7.62. The molecule has 1 rings (SSSR count). The van der Waals surface area contributed by atoms with Crippen molar-refractivity contribution in [3.8, 4) is 0 Å². The highest BCUT2D eigenvalue weighted by molar-refractivity contribution is 14.0. The van der Waals surface area contributed by atoms with E-state index in [0.717, 1.165) is 44.5 Å². The number of ether oxygens (including phenoxy) is 1.